The third-order valence-corrected chi connectivity index (χ3v) is 5.78. The third-order valence-electron chi connectivity index (χ3n) is 5.78. The molecule has 2 aliphatic heterocycles. The number of rotatable bonds is 4. The Bertz CT molecular complexity index is 633. The lowest BCUT2D eigenvalue weighted by molar-refractivity contribution is -0.351. The number of carbonyl (C=O) groups is 1. The van der Waals surface area contributed by atoms with Gasteiger partial charge in [-0.15, -0.1) is 0 Å². The Morgan fingerprint density at radius 1 is 1.18 bits per heavy atom. The summed E-state index contributed by atoms with van der Waals surface area (Å²) in [5.41, 5.74) is -3.49. The summed E-state index contributed by atoms with van der Waals surface area (Å²) in [7, 11) is 1.14. The van der Waals surface area contributed by atoms with Gasteiger partial charge in [0.2, 0.25) is 6.29 Å². The highest BCUT2D eigenvalue weighted by atomic mass is 16.8. The first-order valence-electron chi connectivity index (χ1n) is 8.92. The lowest BCUT2D eigenvalue weighted by Gasteiger charge is -2.46. The number of hydrogen-bond donors (Lipinski definition) is 6. The molecule has 28 heavy (non-hydrogen) atoms. The Morgan fingerprint density at radius 3 is 2.46 bits per heavy atom. The zero-order chi connectivity index (χ0) is 20.9. The highest BCUT2D eigenvalue weighted by Gasteiger charge is 2.64. The minimum atomic E-state index is -1.81. The number of aliphatic hydroxyl groups is 6. The average molecular weight is 406 g/mol. The van der Waals surface area contributed by atoms with Crippen molar-refractivity contribution in [1.29, 1.82) is 0 Å². The summed E-state index contributed by atoms with van der Waals surface area (Å²) in [6, 6.07) is 0. The zero-order valence-corrected chi connectivity index (χ0v) is 15.5. The maximum atomic E-state index is 12.0. The van der Waals surface area contributed by atoms with Gasteiger partial charge in [-0.05, 0) is 19.8 Å². The van der Waals surface area contributed by atoms with Crippen molar-refractivity contribution >= 4 is 5.97 Å². The fourth-order valence-corrected chi connectivity index (χ4v) is 4.16. The third kappa shape index (κ3) is 3.31. The lowest BCUT2D eigenvalue weighted by atomic mass is 9.77. The van der Waals surface area contributed by atoms with Crippen molar-refractivity contribution in [2.24, 2.45) is 5.92 Å². The van der Waals surface area contributed by atoms with E-state index in [9.17, 15) is 35.4 Å². The molecule has 0 aromatic carbocycles. The van der Waals surface area contributed by atoms with Gasteiger partial charge in [-0.25, -0.2) is 4.79 Å². The Morgan fingerprint density at radius 2 is 1.86 bits per heavy atom. The van der Waals surface area contributed by atoms with Gasteiger partial charge >= 0.3 is 5.97 Å². The minimum absolute atomic E-state index is 0.0313. The van der Waals surface area contributed by atoms with E-state index in [-0.39, 0.29) is 18.4 Å². The molecule has 0 spiro atoms. The molecule has 1 saturated carbocycles. The summed E-state index contributed by atoms with van der Waals surface area (Å²) in [5.74, 6) is -1.97. The van der Waals surface area contributed by atoms with Gasteiger partial charge in [-0.3, -0.25) is 0 Å². The molecule has 0 radical (unpaired) electrons. The normalized spacial score (nSPS) is 48.4. The molecule has 0 aromatic rings. The molecule has 0 amide bonds. The van der Waals surface area contributed by atoms with Crippen LogP contribution in [0.2, 0.25) is 0 Å². The first-order valence-corrected chi connectivity index (χ1v) is 8.92. The van der Waals surface area contributed by atoms with Gasteiger partial charge in [0.05, 0.1) is 31.5 Å². The van der Waals surface area contributed by atoms with Gasteiger partial charge in [-0.1, -0.05) is 0 Å². The van der Waals surface area contributed by atoms with Crippen LogP contribution in [0.15, 0.2) is 11.8 Å². The standard InChI is InChI=1S/C17H26O11/c1-16(23)3-4-17(24)7(13(22)25-2)6-26-15(12(16)17)28-14-11(21)10(20)9(19)8(5-18)27-14/h6,8-12,14-15,18-21,23-24H,3-5H2,1-2H3/t8-,9-,10+,11-,12-,14+,15?,16+,17+/m1/s1. The molecule has 1 aliphatic carbocycles. The fraction of sp³-hybridized carbons (Fsp3) is 0.824. The second kappa shape index (κ2) is 7.50. The molecule has 1 saturated heterocycles. The van der Waals surface area contributed by atoms with Gasteiger partial charge in [-0.2, -0.15) is 0 Å². The van der Waals surface area contributed by atoms with E-state index in [1.54, 1.807) is 0 Å². The lowest BCUT2D eigenvalue weighted by Crippen LogP contribution is -2.62. The Hall–Kier alpha value is -1.31. The second-order valence-corrected chi connectivity index (χ2v) is 7.62. The Labute approximate surface area is 160 Å². The number of aliphatic hydroxyl groups excluding tert-OH is 4. The van der Waals surface area contributed by atoms with E-state index >= 15 is 0 Å². The minimum Gasteiger partial charge on any atom is -0.471 e. The number of ether oxygens (including phenoxy) is 4. The van der Waals surface area contributed by atoms with E-state index in [2.05, 4.69) is 4.74 Å². The SMILES string of the molecule is COC(=O)C1=COC(O[C@@H]2O[C@H](CO)[C@@H](O)[C@H](O)[C@H]2O)[C@@H]2[C@@](C)(O)CC[C@]12O. The quantitative estimate of drug-likeness (QED) is 0.264. The predicted octanol–water partition coefficient (Wildman–Crippen LogP) is -2.89. The van der Waals surface area contributed by atoms with Crippen molar-refractivity contribution in [3.63, 3.8) is 0 Å². The van der Waals surface area contributed by atoms with Crippen LogP contribution in [-0.4, -0.2) is 98.5 Å². The van der Waals surface area contributed by atoms with E-state index < -0.39 is 66.7 Å². The van der Waals surface area contributed by atoms with Crippen LogP contribution in [0, 0.1) is 5.92 Å². The fourth-order valence-electron chi connectivity index (χ4n) is 4.16. The molecule has 6 N–H and O–H groups in total. The molecule has 3 rings (SSSR count). The number of hydrogen-bond acceptors (Lipinski definition) is 11. The molecule has 1 unspecified atom stereocenters. The van der Waals surface area contributed by atoms with Crippen LogP contribution < -0.4 is 0 Å². The van der Waals surface area contributed by atoms with Crippen LogP contribution >= 0.6 is 0 Å². The van der Waals surface area contributed by atoms with Crippen LogP contribution in [0.5, 0.6) is 0 Å². The molecule has 2 heterocycles. The van der Waals surface area contributed by atoms with Crippen molar-refractivity contribution < 1.29 is 54.4 Å². The summed E-state index contributed by atoms with van der Waals surface area (Å²) in [6.45, 7) is 0.802. The number of carbonyl (C=O) groups excluding carboxylic acids is 1. The second-order valence-electron chi connectivity index (χ2n) is 7.62. The van der Waals surface area contributed by atoms with E-state index in [1.165, 1.54) is 6.92 Å². The molecule has 0 aromatic heterocycles. The predicted molar refractivity (Wildman–Crippen MR) is 88.1 cm³/mol. The van der Waals surface area contributed by atoms with Crippen molar-refractivity contribution in [2.45, 2.75) is 68.0 Å². The van der Waals surface area contributed by atoms with Crippen molar-refractivity contribution in [2.75, 3.05) is 13.7 Å². The largest absolute Gasteiger partial charge is 0.471 e. The number of esters is 1. The van der Waals surface area contributed by atoms with Gasteiger partial charge in [0.1, 0.15) is 35.6 Å². The average Bonchev–Trinajstić information content (AvgIpc) is 2.92. The van der Waals surface area contributed by atoms with Crippen molar-refractivity contribution in [3.05, 3.63) is 11.8 Å². The maximum absolute atomic E-state index is 12.0. The topological polar surface area (TPSA) is 175 Å². The molecule has 9 atom stereocenters. The van der Waals surface area contributed by atoms with E-state index in [4.69, 9.17) is 14.2 Å². The molecule has 3 aliphatic rings. The van der Waals surface area contributed by atoms with E-state index in [1.807, 2.05) is 0 Å². The van der Waals surface area contributed by atoms with Gasteiger partial charge in [0, 0.05) is 0 Å². The smallest absolute Gasteiger partial charge is 0.339 e. The molecule has 11 heteroatoms. The monoisotopic (exact) mass is 406 g/mol. The molecule has 2 fully saturated rings. The Balaban J connectivity index is 1.88. The first-order chi connectivity index (χ1) is 13.1. The summed E-state index contributed by atoms with van der Waals surface area (Å²) >= 11 is 0. The molecular formula is C17H26O11. The highest BCUT2D eigenvalue weighted by molar-refractivity contribution is 5.90. The van der Waals surface area contributed by atoms with E-state index in [0.29, 0.717) is 0 Å². The van der Waals surface area contributed by atoms with E-state index in [0.717, 1.165) is 13.4 Å². The molecule has 0 bridgehead atoms. The van der Waals surface area contributed by atoms with Crippen LogP contribution in [0.1, 0.15) is 19.8 Å². The van der Waals surface area contributed by atoms with Gasteiger partial charge in [0.25, 0.3) is 0 Å². The summed E-state index contributed by atoms with van der Waals surface area (Å²) in [5, 5.41) is 61.1. The molecule has 160 valence electrons. The van der Waals surface area contributed by atoms with Crippen molar-refractivity contribution in [3.8, 4) is 0 Å². The van der Waals surface area contributed by atoms with Gasteiger partial charge in [0.15, 0.2) is 6.29 Å². The summed E-state index contributed by atoms with van der Waals surface area (Å²) in [6.07, 6.45) is -7.88. The van der Waals surface area contributed by atoms with Crippen LogP contribution in [0.4, 0.5) is 0 Å². The zero-order valence-electron chi connectivity index (χ0n) is 15.5. The summed E-state index contributed by atoms with van der Waals surface area (Å²) in [4.78, 5) is 12.0. The van der Waals surface area contributed by atoms with Gasteiger partial charge < -0.3 is 49.6 Å². The number of methoxy groups -OCH3 is 1. The van der Waals surface area contributed by atoms with Crippen LogP contribution in [-0.2, 0) is 23.7 Å². The van der Waals surface area contributed by atoms with Crippen molar-refractivity contribution in [1.82, 2.24) is 0 Å². The molecular weight excluding hydrogens is 380 g/mol. The highest BCUT2D eigenvalue weighted by Crippen LogP contribution is 2.52. The Kier molecular flexibility index (Phi) is 5.73. The van der Waals surface area contributed by atoms with Crippen LogP contribution in [0.3, 0.4) is 0 Å². The first kappa shape index (κ1) is 21.4. The molecule has 11 nitrogen and oxygen atoms in total. The van der Waals surface area contributed by atoms with Crippen LogP contribution in [0.25, 0.3) is 0 Å². The summed E-state index contributed by atoms with van der Waals surface area (Å²) < 4.78 is 20.9. The number of fused-ring (bicyclic) bond motifs is 1. The maximum Gasteiger partial charge on any atom is 0.339 e.